The molecule has 0 radical (unpaired) electrons. The molecule has 1 aliphatic rings. The molecule has 0 unspecified atom stereocenters. The lowest BCUT2D eigenvalue weighted by molar-refractivity contribution is -0.186. The van der Waals surface area contributed by atoms with Crippen LogP contribution in [0.25, 0.3) is 10.4 Å². The Hall–Kier alpha value is -1.42. The summed E-state index contributed by atoms with van der Waals surface area (Å²) in [5.74, 6) is -2.73. The number of azide groups is 1. The average molecular weight is 360 g/mol. The Morgan fingerprint density at radius 2 is 1.48 bits per heavy atom. The molecular weight excluding hydrogens is 332 g/mol. The monoisotopic (exact) mass is 360 g/mol. The highest BCUT2D eigenvalue weighted by Crippen LogP contribution is 2.27. The lowest BCUT2D eigenvalue weighted by atomic mass is 9.76. The first-order valence-electron chi connectivity index (χ1n) is 8.61. The molecule has 0 bridgehead atoms. The van der Waals surface area contributed by atoms with Gasteiger partial charge >= 0.3 is 5.97 Å². The maximum Gasteiger partial charge on any atom is 0.310 e. The molecule has 1 rings (SSSR count). The summed E-state index contributed by atoms with van der Waals surface area (Å²) in [6.07, 6.45) is -0.932. The molecule has 0 amide bonds. The largest absolute Gasteiger partial charge is 0.481 e. The number of carboxylic acid groups (broad SMARTS) is 1. The van der Waals surface area contributed by atoms with Gasteiger partial charge in [0.2, 0.25) is 0 Å². The van der Waals surface area contributed by atoms with E-state index in [1.165, 1.54) is 0 Å². The number of aliphatic carboxylic acids is 1. The lowest BCUT2D eigenvalue weighted by Crippen LogP contribution is -2.66. The fourth-order valence-corrected chi connectivity index (χ4v) is 3.13. The molecular formula is C15H28N4O6. The average Bonchev–Trinajstić information content (AvgIpc) is 2.58. The Bertz CT molecular complexity index is 459. The Balaban J connectivity index is 2.31. The molecule has 0 aromatic heterocycles. The molecule has 10 nitrogen and oxygen atoms in total. The van der Waals surface area contributed by atoms with Gasteiger partial charge in [-0.25, -0.2) is 0 Å². The summed E-state index contributed by atoms with van der Waals surface area (Å²) in [6, 6.07) is -1.03. The zero-order chi connectivity index (χ0) is 18.8. The number of aliphatic hydroxyl groups excluding tert-OH is 4. The van der Waals surface area contributed by atoms with Crippen LogP contribution in [0.3, 0.4) is 0 Å². The predicted molar refractivity (Wildman–Crippen MR) is 88.7 cm³/mol. The van der Waals surface area contributed by atoms with Gasteiger partial charge in [-0.15, -0.1) is 0 Å². The van der Waals surface area contributed by atoms with Crippen molar-refractivity contribution in [3.05, 3.63) is 10.4 Å². The summed E-state index contributed by atoms with van der Waals surface area (Å²) in [4.78, 5) is 14.0. The van der Waals surface area contributed by atoms with Crippen molar-refractivity contribution in [1.82, 2.24) is 5.32 Å². The molecule has 0 heterocycles. The van der Waals surface area contributed by atoms with Crippen LogP contribution < -0.4 is 5.32 Å². The second kappa shape index (κ2) is 11.2. The van der Waals surface area contributed by atoms with E-state index in [4.69, 9.17) is 5.53 Å². The van der Waals surface area contributed by atoms with Gasteiger partial charge in [0.1, 0.15) is 18.1 Å². The molecule has 6 atom stereocenters. The van der Waals surface area contributed by atoms with Gasteiger partial charge in [0, 0.05) is 11.5 Å². The fraction of sp³-hybridized carbons (Fsp3) is 0.933. The molecule has 0 aliphatic heterocycles. The number of aliphatic hydroxyl groups is 4. The van der Waals surface area contributed by atoms with Crippen molar-refractivity contribution in [2.24, 2.45) is 11.0 Å². The van der Waals surface area contributed by atoms with Crippen LogP contribution in [0.1, 0.15) is 38.5 Å². The van der Waals surface area contributed by atoms with Gasteiger partial charge < -0.3 is 30.8 Å². The van der Waals surface area contributed by atoms with Gasteiger partial charge in [-0.3, -0.25) is 4.79 Å². The highest BCUT2D eigenvalue weighted by molar-refractivity contribution is 5.72. The van der Waals surface area contributed by atoms with Gasteiger partial charge in [-0.05, 0) is 24.9 Å². The zero-order valence-electron chi connectivity index (χ0n) is 14.1. The van der Waals surface area contributed by atoms with Crippen LogP contribution in [0.4, 0.5) is 0 Å². The summed E-state index contributed by atoms with van der Waals surface area (Å²) in [5.41, 5.74) is 8.14. The second-order valence-electron chi connectivity index (χ2n) is 6.38. The quantitative estimate of drug-likeness (QED) is 0.127. The third-order valence-corrected chi connectivity index (χ3v) is 4.59. The fourth-order valence-electron chi connectivity index (χ4n) is 3.13. The number of carboxylic acids is 1. The van der Waals surface area contributed by atoms with Crippen LogP contribution in [0.15, 0.2) is 5.11 Å². The van der Waals surface area contributed by atoms with Crippen LogP contribution in [0.5, 0.6) is 0 Å². The van der Waals surface area contributed by atoms with Crippen LogP contribution >= 0.6 is 0 Å². The molecule has 0 aromatic rings. The van der Waals surface area contributed by atoms with Gasteiger partial charge in [0.25, 0.3) is 0 Å². The predicted octanol–water partition coefficient (Wildman–Crippen LogP) is -0.246. The van der Waals surface area contributed by atoms with Crippen molar-refractivity contribution in [3.63, 3.8) is 0 Å². The number of hydrogen-bond donors (Lipinski definition) is 6. The molecule has 6 N–H and O–H groups in total. The molecule has 10 heteroatoms. The molecule has 25 heavy (non-hydrogen) atoms. The van der Waals surface area contributed by atoms with E-state index in [9.17, 15) is 30.3 Å². The van der Waals surface area contributed by atoms with E-state index in [-0.39, 0.29) is 0 Å². The van der Waals surface area contributed by atoms with Crippen LogP contribution in [0.2, 0.25) is 0 Å². The van der Waals surface area contributed by atoms with Gasteiger partial charge in [0.05, 0.1) is 18.2 Å². The Morgan fingerprint density at radius 3 is 2.08 bits per heavy atom. The maximum absolute atomic E-state index is 11.3. The SMILES string of the molecule is [N-]=[N+]=NCCCCCCCCN[C@H]1[C@H](O)[C@H](O)[C@@H](O)[C@H](O)[C@H]1C(=O)O. The molecule has 0 spiro atoms. The third-order valence-electron chi connectivity index (χ3n) is 4.59. The summed E-state index contributed by atoms with van der Waals surface area (Å²) < 4.78 is 0. The highest BCUT2D eigenvalue weighted by atomic mass is 16.4. The standard InChI is InChI=1S/C15H28N4O6/c16-19-18-8-6-4-2-1-3-5-7-17-10-9(15(24)25)11(20)13(22)14(23)12(10)21/h9-14,17,20-23H,1-8H2,(H,24,25)/t9-,10+,11+,12-,13-,14-/m0/s1. The van der Waals surface area contributed by atoms with Gasteiger partial charge in [-0.1, -0.05) is 30.8 Å². The van der Waals surface area contributed by atoms with E-state index in [1.807, 2.05) is 0 Å². The summed E-state index contributed by atoms with van der Waals surface area (Å²) in [7, 11) is 0. The van der Waals surface area contributed by atoms with Crippen molar-refractivity contribution < 1.29 is 30.3 Å². The first-order chi connectivity index (χ1) is 11.9. The smallest absolute Gasteiger partial charge is 0.310 e. The van der Waals surface area contributed by atoms with E-state index in [2.05, 4.69) is 15.3 Å². The first kappa shape index (κ1) is 21.6. The van der Waals surface area contributed by atoms with Crippen molar-refractivity contribution in [2.75, 3.05) is 13.1 Å². The van der Waals surface area contributed by atoms with Crippen molar-refractivity contribution in [2.45, 2.75) is 69.0 Å². The second-order valence-corrected chi connectivity index (χ2v) is 6.38. The zero-order valence-corrected chi connectivity index (χ0v) is 14.1. The Labute approximate surface area is 146 Å². The minimum atomic E-state index is -1.69. The minimum Gasteiger partial charge on any atom is -0.481 e. The molecule has 1 saturated carbocycles. The van der Waals surface area contributed by atoms with E-state index in [1.54, 1.807) is 0 Å². The van der Waals surface area contributed by atoms with Gasteiger partial charge in [-0.2, -0.15) is 0 Å². The Morgan fingerprint density at radius 1 is 0.920 bits per heavy atom. The van der Waals surface area contributed by atoms with Crippen LogP contribution in [0, 0.1) is 5.92 Å². The number of hydrogen-bond acceptors (Lipinski definition) is 7. The van der Waals surface area contributed by atoms with E-state index >= 15 is 0 Å². The normalized spacial score (nSPS) is 32.2. The Kier molecular flexibility index (Phi) is 9.73. The van der Waals surface area contributed by atoms with Crippen LogP contribution in [-0.2, 0) is 4.79 Å². The third kappa shape index (κ3) is 6.43. The van der Waals surface area contributed by atoms with E-state index < -0.39 is 42.3 Å². The molecule has 1 aliphatic carbocycles. The number of nitrogens with one attached hydrogen (secondary N) is 1. The maximum atomic E-state index is 11.3. The van der Waals surface area contributed by atoms with Crippen LogP contribution in [-0.4, -0.2) is 75.0 Å². The summed E-state index contributed by atoms with van der Waals surface area (Å²) in [5, 5.41) is 54.8. The summed E-state index contributed by atoms with van der Waals surface area (Å²) in [6.45, 7) is 0.935. The van der Waals surface area contributed by atoms with Crippen molar-refractivity contribution in [3.8, 4) is 0 Å². The number of nitrogens with zero attached hydrogens (tertiary/aromatic N) is 3. The van der Waals surface area contributed by atoms with Gasteiger partial charge in [0.15, 0.2) is 0 Å². The topological polar surface area (TPSA) is 179 Å². The number of rotatable bonds is 11. The minimum absolute atomic E-state index is 0.430. The lowest BCUT2D eigenvalue weighted by Gasteiger charge is -2.42. The van der Waals surface area contributed by atoms with E-state index in [0.29, 0.717) is 13.1 Å². The van der Waals surface area contributed by atoms with Crippen molar-refractivity contribution in [1.29, 1.82) is 0 Å². The highest BCUT2D eigenvalue weighted by Gasteiger charge is 2.51. The molecule has 0 aromatic carbocycles. The number of carbonyl (C=O) groups is 1. The molecule has 0 saturated heterocycles. The molecule has 1 fully saturated rings. The molecule has 144 valence electrons. The first-order valence-corrected chi connectivity index (χ1v) is 8.61. The van der Waals surface area contributed by atoms with E-state index in [0.717, 1.165) is 38.5 Å². The number of unbranched alkanes of at least 4 members (excludes halogenated alkanes) is 5. The van der Waals surface area contributed by atoms with Crippen molar-refractivity contribution >= 4 is 5.97 Å². The summed E-state index contributed by atoms with van der Waals surface area (Å²) >= 11 is 0.